The molecule has 0 spiro atoms. The summed E-state index contributed by atoms with van der Waals surface area (Å²) >= 11 is 0. The second-order valence-corrected chi connectivity index (χ2v) is 11.1. The Morgan fingerprint density at radius 3 is 1.54 bits per heavy atom. The highest BCUT2D eigenvalue weighted by Crippen LogP contribution is 2.32. The van der Waals surface area contributed by atoms with Crippen LogP contribution < -0.4 is 0 Å². The van der Waals surface area contributed by atoms with Crippen LogP contribution in [0.3, 0.4) is 0 Å². The quantitative estimate of drug-likeness (QED) is 0.217. The van der Waals surface area contributed by atoms with Gasteiger partial charge in [0, 0.05) is 0 Å². The summed E-state index contributed by atoms with van der Waals surface area (Å²) in [6.45, 7) is 4.27. The van der Waals surface area contributed by atoms with Crippen molar-refractivity contribution in [2.75, 3.05) is 0 Å². The number of hydrogen-bond donors (Lipinski definition) is 0. The van der Waals surface area contributed by atoms with Gasteiger partial charge in [-0.05, 0) is 68.4 Å². The molecule has 3 nitrogen and oxygen atoms in total. The third kappa shape index (κ3) is 7.45. The van der Waals surface area contributed by atoms with Gasteiger partial charge in [0.2, 0.25) is 0 Å². The molecule has 0 saturated carbocycles. The van der Waals surface area contributed by atoms with Gasteiger partial charge in [0.25, 0.3) is 0 Å². The number of benzene rings is 4. The van der Waals surface area contributed by atoms with Crippen molar-refractivity contribution in [2.45, 2.75) is 39.6 Å². The van der Waals surface area contributed by atoms with Gasteiger partial charge < -0.3 is 4.55 Å². The molecule has 0 aliphatic carbocycles. The van der Waals surface area contributed by atoms with E-state index in [0.717, 1.165) is 12.1 Å². The van der Waals surface area contributed by atoms with E-state index >= 15 is 0 Å². The molecule has 0 saturated heterocycles. The van der Waals surface area contributed by atoms with Gasteiger partial charge >= 0.3 is 6.18 Å². The maximum atomic E-state index is 12.1. The number of aryl methyl sites for hydroxylation is 2. The van der Waals surface area contributed by atoms with Gasteiger partial charge in [-0.25, -0.2) is 8.42 Å². The first kappa shape index (κ1) is 26.5. The lowest BCUT2D eigenvalue weighted by atomic mass is 10.2. The predicted molar refractivity (Wildman–Crippen MR) is 130 cm³/mol. The lowest BCUT2D eigenvalue weighted by Gasteiger charge is -2.10. The lowest BCUT2D eigenvalue weighted by Crippen LogP contribution is -2.07. The van der Waals surface area contributed by atoms with Crippen LogP contribution in [0.15, 0.2) is 123 Å². The molecule has 4 aromatic rings. The largest absolute Gasteiger partial charge is 0.744 e. The summed E-state index contributed by atoms with van der Waals surface area (Å²) in [6.07, 6.45) is -4.65. The Bertz CT molecular complexity index is 1310. The van der Waals surface area contributed by atoms with Crippen LogP contribution in [-0.2, 0) is 27.2 Å². The first-order valence-electron chi connectivity index (χ1n) is 10.5. The second kappa shape index (κ2) is 11.1. The van der Waals surface area contributed by atoms with Gasteiger partial charge in [-0.1, -0.05) is 59.7 Å². The van der Waals surface area contributed by atoms with Crippen molar-refractivity contribution >= 4 is 21.0 Å². The zero-order chi connectivity index (χ0) is 25.6. The monoisotopic (exact) mass is 516 g/mol. The zero-order valence-corrected chi connectivity index (χ0v) is 20.6. The molecule has 0 radical (unpaired) electrons. The molecule has 8 heteroatoms. The molecule has 4 rings (SSSR count). The summed E-state index contributed by atoms with van der Waals surface area (Å²) in [5.74, 6) is 0. The van der Waals surface area contributed by atoms with Gasteiger partial charge in [0.15, 0.2) is 14.7 Å². The molecule has 0 aliphatic rings. The molecule has 0 atom stereocenters. The minimum absolute atomic E-state index is 0.0312. The fraction of sp³-hybridized carbons (Fsp3) is 0.111. The zero-order valence-electron chi connectivity index (χ0n) is 19.0. The van der Waals surface area contributed by atoms with Gasteiger partial charge in [-0.2, -0.15) is 13.2 Å². The van der Waals surface area contributed by atoms with Crippen molar-refractivity contribution < 1.29 is 26.1 Å². The van der Waals surface area contributed by atoms with E-state index in [9.17, 15) is 26.1 Å². The van der Waals surface area contributed by atoms with E-state index < -0.39 is 26.8 Å². The summed E-state index contributed by atoms with van der Waals surface area (Å²) in [5, 5.41) is 0. The Balaban J connectivity index is 0.000000214. The number of halogens is 3. The average Bonchev–Trinajstić information content (AvgIpc) is 2.82. The molecule has 0 N–H and O–H groups in total. The second-order valence-electron chi connectivity index (χ2n) is 7.73. The van der Waals surface area contributed by atoms with Crippen molar-refractivity contribution in [1.82, 2.24) is 0 Å². The van der Waals surface area contributed by atoms with Gasteiger partial charge in [-0.3, -0.25) is 0 Å². The fourth-order valence-corrected chi connectivity index (χ4v) is 5.72. The summed E-state index contributed by atoms with van der Waals surface area (Å²) in [7, 11) is -4.87. The molecule has 182 valence electrons. The molecule has 0 aliphatic heterocycles. The normalized spacial score (nSPS) is 11.6. The topological polar surface area (TPSA) is 57.2 Å². The maximum absolute atomic E-state index is 12.1. The van der Waals surface area contributed by atoms with E-state index in [1.54, 1.807) is 0 Å². The maximum Gasteiger partial charge on any atom is 0.416 e. The van der Waals surface area contributed by atoms with Crippen molar-refractivity contribution in [2.24, 2.45) is 0 Å². The number of rotatable bonds is 4. The van der Waals surface area contributed by atoms with Crippen LogP contribution in [-0.4, -0.2) is 13.0 Å². The van der Waals surface area contributed by atoms with Crippen molar-refractivity contribution in [1.29, 1.82) is 0 Å². The summed E-state index contributed by atoms with van der Waals surface area (Å²) < 4.78 is 67.3. The van der Waals surface area contributed by atoms with Crippen LogP contribution in [0, 0.1) is 13.8 Å². The minimum atomic E-state index is -4.84. The van der Waals surface area contributed by atoms with Crippen LogP contribution in [0.25, 0.3) is 0 Å². The Morgan fingerprint density at radius 2 is 1.11 bits per heavy atom. The van der Waals surface area contributed by atoms with Gasteiger partial charge in [0.1, 0.15) is 10.1 Å². The average molecular weight is 517 g/mol. The SMILES string of the molecule is Cc1ccc([S+](c2ccccc2)c2ccc(C)cc2)cc1.O=S(=O)([O-])c1cccc(C(F)(F)F)c1. The minimum Gasteiger partial charge on any atom is -0.744 e. The van der Waals surface area contributed by atoms with Gasteiger partial charge in [0.05, 0.1) is 21.4 Å². The van der Waals surface area contributed by atoms with Crippen molar-refractivity contribution in [3.05, 3.63) is 120 Å². The molecule has 4 aromatic carbocycles. The summed E-state index contributed by atoms with van der Waals surface area (Å²) in [4.78, 5) is 3.23. The molecule has 0 heterocycles. The molecule has 0 aromatic heterocycles. The molecule has 35 heavy (non-hydrogen) atoms. The Morgan fingerprint density at radius 1 is 0.657 bits per heavy atom. The highest BCUT2D eigenvalue weighted by molar-refractivity contribution is 7.97. The Kier molecular flexibility index (Phi) is 8.43. The van der Waals surface area contributed by atoms with E-state index in [0.29, 0.717) is 12.1 Å². The van der Waals surface area contributed by atoms with Gasteiger partial charge in [-0.15, -0.1) is 0 Å². The van der Waals surface area contributed by atoms with E-state index in [4.69, 9.17) is 0 Å². The van der Waals surface area contributed by atoms with Crippen LogP contribution in [0.4, 0.5) is 13.2 Å². The fourth-order valence-electron chi connectivity index (χ4n) is 3.14. The smallest absolute Gasteiger partial charge is 0.416 e. The summed E-state index contributed by atoms with van der Waals surface area (Å²) in [5.41, 5.74) is 1.45. The first-order valence-corrected chi connectivity index (χ1v) is 13.1. The standard InChI is InChI=1S/C20H19S.C7H5F3O3S/c1-16-8-12-19(13-9-16)21(18-6-4-3-5-7-18)20-14-10-17(2)11-15-20;8-7(9,10)5-2-1-3-6(4-5)14(11,12)13/h3-15H,1-2H3;1-4H,(H,11,12,13)/q+1;/p-1. The first-order chi connectivity index (χ1) is 16.4. The van der Waals surface area contributed by atoms with E-state index in [1.807, 2.05) is 0 Å². The summed E-state index contributed by atoms with van der Waals surface area (Å²) in [6, 6.07) is 31.3. The Labute approximate surface area is 206 Å². The number of alkyl halides is 3. The van der Waals surface area contributed by atoms with Crippen molar-refractivity contribution in [3.63, 3.8) is 0 Å². The van der Waals surface area contributed by atoms with E-state index in [1.165, 1.54) is 25.8 Å². The van der Waals surface area contributed by atoms with Crippen LogP contribution >= 0.6 is 0 Å². The molecular formula is C27H23F3O3S2. The Hall–Kier alpha value is -3.07. The third-order valence-electron chi connectivity index (χ3n) is 4.94. The molecule has 0 unspecified atom stereocenters. The molecular weight excluding hydrogens is 493 g/mol. The van der Waals surface area contributed by atoms with Crippen LogP contribution in [0.1, 0.15) is 16.7 Å². The lowest BCUT2D eigenvalue weighted by molar-refractivity contribution is -0.137. The van der Waals surface area contributed by atoms with Crippen molar-refractivity contribution in [3.8, 4) is 0 Å². The molecule has 0 bridgehead atoms. The van der Waals surface area contributed by atoms with Crippen LogP contribution in [0.5, 0.6) is 0 Å². The number of hydrogen-bond acceptors (Lipinski definition) is 3. The van der Waals surface area contributed by atoms with Crippen LogP contribution in [0.2, 0.25) is 0 Å². The molecule has 0 amide bonds. The predicted octanol–water partition coefficient (Wildman–Crippen LogP) is 7.01. The van der Waals surface area contributed by atoms with E-state index in [2.05, 4.69) is 92.7 Å². The van der Waals surface area contributed by atoms with E-state index in [-0.39, 0.29) is 10.9 Å². The highest BCUT2D eigenvalue weighted by Gasteiger charge is 2.31. The third-order valence-corrected chi connectivity index (χ3v) is 8.00. The molecule has 0 fully saturated rings. The highest BCUT2D eigenvalue weighted by atomic mass is 32.2.